The fourth-order valence-electron chi connectivity index (χ4n) is 1.40. The number of ether oxygens (including phenoxy) is 2. The minimum Gasteiger partial charge on any atom is -0.495 e. The summed E-state index contributed by atoms with van der Waals surface area (Å²) in [4.78, 5) is 13.6. The van der Waals surface area contributed by atoms with Gasteiger partial charge < -0.3 is 9.47 Å². The summed E-state index contributed by atoms with van der Waals surface area (Å²) in [6.45, 7) is 1.30. The van der Waals surface area contributed by atoms with E-state index in [2.05, 4.69) is 10.0 Å². The quantitative estimate of drug-likeness (QED) is 0.356. The average molecular weight is 270 g/mol. The number of halogens is 1. The van der Waals surface area contributed by atoms with Gasteiger partial charge in [-0.3, -0.25) is 4.79 Å². The zero-order chi connectivity index (χ0) is 13.5. The maximum Gasteiger partial charge on any atom is 0.303 e. The molecule has 0 heterocycles. The van der Waals surface area contributed by atoms with Gasteiger partial charge in [0.15, 0.2) is 0 Å². The van der Waals surface area contributed by atoms with Crippen molar-refractivity contribution in [2.24, 2.45) is 5.11 Å². The normalized spacial score (nSPS) is 11.3. The molecule has 0 radical (unpaired) electrons. The Hall–Kier alpha value is -1.91. The topological polar surface area (TPSA) is 84.3 Å². The first-order valence-corrected chi connectivity index (χ1v) is 5.47. The van der Waals surface area contributed by atoms with Crippen LogP contribution in [0.2, 0.25) is 5.02 Å². The van der Waals surface area contributed by atoms with E-state index in [0.29, 0.717) is 16.3 Å². The van der Waals surface area contributed by atoms with Gasteiger partial charge in [0.05, 0.1) is 18.7 Å². The van der Waals surface area contributed by atoms with Crippen LogP contribution in [0.15, 0.2) is 23.3 Å². The van der Waals surface area contributed by atoms with Crippen LogP contribution < -0.4 is 4.74 Å². The van der Waals surface area contributed by atoms with Crippen LogP contribution in [0, 0.1) is 0 Å². The Kier molecular flexibility index (Phi) is 5.30. The Bertz CT molecular complexity index is 482. The van der Waals surface area contributed by atoms with E-state index < -0.39 is 12.1 Å². The van der Waals surface area contributed by atoms with Gasteiger partial charge in [-0.15, -0.1) is 0 Å². The smallest absolute Gasteiger partial charge is 0.303 e. The Morgan fingerprint density at radius 3 is 2.83 bits per heavy atom. The number of hydrogen-bond donors (Lipinski definition) is 0. The third-order valence-corrected chi connectivity index (χ3v) is 2.46. The largest absolute Gasteiger partial charge is 0.495 e. The Balaban J connectivity index is 3.00. The second-order valence-electron chi connectivity index (χ2n) is 3.41. The average Bonchev–Trinajstić information content (AvgIpc) is 2.34. The lowest BCUT2D eigenvalue weighted by Crippen LogP contribution is -2.11. The van der Waals surface area contributed by atoms with Crippen molar-refractivity contribution in [1.82, 2.24) is 0 Å². The fraction of sp³-hybridized carbons (Fsp3) is 0.364. The van der Waals surface area contributed by atoms with Crippen molar-refractivity contribution < 1.29 is 14.3 Å². The predicted molar refractivity (Wildman–Crippen MR) is 66.5 cm³/mol. The number of hydrogen-bond acceptors (Lipinski definition) is 4. The highest BCUT2D eigenvalue weighted by Gasteiger charge is 2.15. The molecule has 7 heteroatoms. The number of rotatable bonds is 5. The van der Waals surface area contributed by atoms with Crippen LogP contribution in [0.3, 0.4) is 0 Å². The maximum absolute atomic E-state index is 11.0. The van der Waals surface area contributed by atoms with Gasteiger partial charge in [0.25, 0.3) is 0 Å². The molecule has 0 aromatic heterocycles. The molecule has 0 aliphatic rings. The first-order valence-electron chi connectivity index (χ1n) is 5.10. The molecular formula is C11H12ClN3O3. The second kappa shape index (κ2) is 6.74. The molecule has 0 fully saturated rings. The SMILES string of the molecule is COc1ccc([C@@H](CN=[N+]=[N-])OC(C)=O)cc1Cl. The molecule has 0 N–H and O–H groups in total. The molecule has 0 saturated heterocycles. The van der Waals surface area contributed by atoms with Crippen molar-refractivity contribution in [3.63, 3.8) is 0 Å². The molecule has 0 spiro atoms. The first-order chi connectivity index (χ1) is 8.58. The molecule has 0 amide bonds. The molecule has 1 atom stereocenters. The number of carbonyl (C=O) groups excluding carboxylic acids is 1. The van der Waals surface area contributed by atoms with Crippen molar-refractivity contribution >= 4 is 17.6 Å². The molecular weight excluding hydrogens is 258 g/mol. The standard InChI is InChI=1S/C11H12ClN3O3/c1-7(16)18-11(6-14-15-13)8-3-4-10(17-2)9(12)5-8/h3-5,11H,6H2,1-2H3/t11-/m1/s1. The zero-order valence-corrected chi connectivity index (χ0v) is 10.7. The highest BCUT2D eigenvalue weighted by Crippen LogP contribution is 2.29. The Labute approximate surface area is 109 Å². The lowest BCUT2D eigenvalue weighted by Gasteiger charge is -2.16. The fourth-order valence-corrected chi connectivity index (χ4v) is 1.67. The van der Waals surface area contributed by atoms with Gasteiger partial charge in [-0.05, 0) is 23.2 Å². The van der Waals surface area contributed by atoms with Crippen LogP contribution in [0.1, 0.15) is 18.6 Å². The van der Waals surface area contributed by atoms with E-state index in [1.54, 1.807) is 18.2 Å². The van der Waals surface area contributed by atoms with E-state index in [-0.39, 0.29) is 6.54 Å². The van der Waals surface area contributed by atoms with E-state index in [0.717, 1.165) is 0 Å². The van der Waals surface area contributed by atoms with E-state index >= 15 is 0 Å². The van der Waals surface area contributed by atoms with Gasteiger partial charge in [0.1, 0.15) is 11.9 Å². The number of esters is 1. The summed E-state index contributed by atoms with van der Waals surface area (Å²) in [6, 6.07) is 4.97. The summed E-state index contributed by atoms with van der Waals surface area (Å²) < 4.78 is 10.1. The van der Waals surface area contributed by atoms with Crippen LogP contribution in [0.25, 0.3) is 10.4 Å². The van der Waals surface area contributed by atoms with Crippen LogP contribution in [-0.4, -0.2) is 19.6 Å². The molecule has 96 valence electrons. The van der Waals surface area contributed by atoms with Crippen molar-refractivity contribution in [1.29, 1.82) is 0 Å². The molecule has 0 saturated carbocycles. The molecule has 0 unspecified atom stereocenters. The lowest BCUT2D eigenvalue weighted by molar-refractivity contribution is -0.146. The second-order valence-corrected chi connectivity index (χ2v) is 3.81. The van der Waals surface area contributed by atoms with Crippen molar-refractivity contribution in [3.05, 3.63) is 39.2 Å². The van der Waals surface area contributed by atoms with Crippen molar-refractivity contribution in [2.45, 2.75) is 13.0 Å². The van der Waals surface area contributed by atoms with Gasteiger partial charge in [-0.2, -0.15) is 0 Å². The number of nitrogens with zero attached hydrogens (tertiary/aromatic N) is 3. The number of carbonyl (C=O) groups is 1. The zero-order valence-electron chi connectivity index (χ0n) is 9.96. The van der Waals surface area contributed by atoms with Gasteiger partial charge in [0.2, 0.25) is 0 Å². The minimum absolute atomic E-state index is 0.0126. The third-order valence-electron chi connectivity index (χ3n) is 2.17. The lowest BCUT2D eigenvalue weighted by atomic mass is 10.1. The van der Waals surface area contributed by atoms with Crippen LogP contribution >= 0.6 is 11.6 Å². The summed E-state index contributed by atoms with van der Waals surface area (Å²) >= 11 is 5.98. The Morgan fingerprint density at radius 1 is 1.61 bits per heavy atom. The molecule has 1 aromatic rings. The Morgan fingerprint density at radius 2 is 2.33 bits per heavy atom. The first kappa shape index (κ1) is 14.2. The van der Waals surface area contributed by atoms with E-state index in [9.17, 15) is 4.79 Å². The van der Waals surface area contributed by atoms with Gasteiger partial charge in [0, 0.05) is 11.8 Å². The highest BCUT2D eigenvalue weighted by atomic mass is 35.5. The summed E-state index contributed by atoms with van der Waals surface area (Å²) in [5, 5.41) is 3.80. The van der Waals surface area contributed by atoms with Gasteiger partial charge >= 0.3 is 5.97 Å². The third kappa shape index (κ3) is 3.84. The summed E-state index contributed by atoms with van der Waals surface area (Å²) in [7, 11) is 1.50. The molecule has 0 aliphatic heterocycles. The van der Waals surface area contributed by atoms with E-state index in [1.165, 1.54) is 14.0 Å². The maximum atomic E-state index is 11.0. The van der Waals surface area contributed by atoms with Crippen LogP contribution in [-0.2, 0) is 9.53 Å². The molecule has 0 bridgehead atoms. The number of benzene rings is 1. The van der Waals surface area contributed by atoms with Crippen LogP contribution in [0.5, 0.6) is 5.75 Å². The van der Waals surface area contributed by atoms with Gasteiger partial charge in [-0.25, -0.2) is 0 Å². The van der Waals surface area contributed by atoms with Crippen molar-refractivity contribution in [3.8, 4) is 5.75 Å². The molecule has 18 heavy (non-hydrogen) atoms. The van der Waals surface area contributed by atoms with Gasteiger partial charge in [-0.1, -0.05) is 22.8 Å². The minimum atomic E-state index is -0.651. The molecule has 0 aliphatic carbocycles. The molecule has 1 rings (SSSR count). The highest BCUT2D eigenvalue weighted by molar-refractivity contribution is 6.32. The van der Waals surface area contributed by atoms with Crippen molar-refractivity contribution in [2.75, 3.05) is 13.7 Å². The monoisotopic (exact) mass is 269 g/mol. The molecule has 1 aromatic carbocycles. The van der Waals surface area contributed by atoms with Crippen LogP contribution in [0.4, 0.5) is 0 Å². The predicted octanol–water partition coefficient (Wildman–Crippen LogP) is 3.26. The summed E-state index contributed by atoms with van der Waals surface area (Å²) in [5.41, 5.74) is 8.95. The molecule has 6 nitrogen and oxygen atoms in total. The number of methoxy groups -OCH3 is 1. The van der Waals surface area contributed by atoms with E-state index in [4.69, 9.17) is 26.6 Å². The summed E-state index contributed by atoms with van der Waals surface area (Å²) in [6.07, 6.45) is -0.651. The number of azide groups is 1. The summed E-state index contributed by atoms with van der Waals surface area (Å²) in [5.74, 6) is 0.0610. The van der Waals surface area contributed by atoms with E-state index in [1.807, 2.05) is 0 Å².